The predicted octanol–water partition coefficient (Wildman–Crippen LogP) is 1.71. The van der Waals surface area contributed by atoms with Crippen LogP contribution in [0, 0.1) is 0 Å². The number of hydrogen-bond acceptors (Lipinski definition) is 2. The topological polar surface area (TPSA) is 37.3 Å². The van der Waals surface area contributed by atoms with Gasteiger partial charge in [0.05, 0.1) is 0 Å². The minimum Gasteiger partial charge on any atom is -0.479 e. The van der Waals surface area contributed by atoms with Gasteiger partial charge in [0.2, 0.25) is 6.17 Å². The third kappa shape index (κ3) is 2.31. The molecule has 0 amide bonds. The number of carboxylic acids is 1. The smallest absolute Gasteiger partial charge is 0.338 e. The van der Waals surface area contributed by atoms with Gasteiger partial charge in [0.1, 0.15) is 0 Å². The van der Waals surface area contributed by atoms with Crippen molar-refractivity contribution in [1.82, 2.24) is 0 Å². The Hall–Kier alpha value is -0.900. The van der Waals surface area contributed by atoms with Crippen molar-refractivity contribution in [3.05, 3.63) is 22.4 Å². The molecule has 0 aliphatic heterocycles. The standard InChI is InChI=1S/C7H7FO2S/c8-6(7(9)10)3-5-1-2-11-4-5/h1-2,4,6H,3H2,(H,9,10)/t6-/m1/s1. The molecule has 2 nitrogen and oxygen atoms in total. The van der Waals surface area contributed by atoms with Gasteiger partial charge in [-0.25, -0.2) is 9.18 Å². The van der Waals surface area contributed by atoms with E-state index in [4.69, 9.17) is 5.11 Å². The van der Waals surface area contributed by atoms with Gasteiger partial charge in [-0.1, -0.05) is 0 Å². The van der Waals surface area contributed by atoms with Gasteiger partial charge < -0.3 is 5.11 Å². The van der Waals surface area contributed by atoms with Crippen molar-refractivity contribution < 1.29 is 14.3 Å². The molecule has 4 heteroatoms. The zero-order valence-electron chi connectivity index (χ0n) is 5.66. The van der Waals surface area contributed by atoms with E-state index in [1.165, 1.54) is 11.3 Å². The summed E-state index contributed by atoms with van der Waals surface area (Å²) in [4.78, 5) is 10.1. The largest absolute Gasteiger partial charge is 0.479 e. The van der Waals surface area contributed by atoms with Gasteiger partial charge in [0.15, 0.2) is 0 Å². The Balaban J connectivity index is 2.50. The van der Waals surface area contributed by atoms with E-state index in [0.717, 1.165) is 5.56 Å². The summed E-state index contributed by atoms with van der Waals surface area (Å²) in [6, 6.07) is 1.72. The van der Waals surface area contributed by atoms with Crippen molar-refractivity contribution >= 4 is 17.3 Å². The van der Waals surface area contributed by atoms with Crippen molar-refractivity contribution in [3.8, 4) is 0 Å². The molecule has 0 saturated carbocycles. The molecule has 11 heavy (non-hydrogen) atoms. The second-order valence-electron chi connectivity index (χ2n) is 2.14. The number of carbonyl (C=O) groups is 1. The number of aliphatic carboxylic acids is 1. The summed E-state index contributed by atoms with van der Waals surface area (Å²) in [5.74, 6) is -1.39. The highest BCUT2D eigenvalue weighted by molar-refractivity contribution is 7.07. The lowest BCUT2D eigenvalue weighted by molar-refractivity contribution is -0.142. The molecule has 0 unspecified atom stereocenters. The van der Waals surface area contributed by atoms with Crippen LogP contribution in [0.3, 0.4) is 0 Å². The summed E-state index contributed by atoms with van der Waals surface area (Å²) >= 11 is 1.43. The molecule has 0 aliphatic rings. The molecule has 1 aromatic rings. The zero-order valence-corrected chi connectivity index (χ0v) is 6.47. The van der Waals surface area contributed by atoms with Gasteiger partial charge in [-0.05, 0) is 22.4 Å². The first-order valence-electron chi connectivity index (χ1n) is 3.08. The van der Waals surface area contributed by atoms with E-state index in [1.807, 2.05) is 0 Å². The highest BCUT2D eigenvalue weighted by Gasteiger charge is 2.15. The molecule has 0 aliphatic carbocycles. The minimum atomic E-state index is -1.77. The van der Waals surface area contributed by atoms with Crippen LogP contribution in [0.2, 0.25) is 0 Å². The maximum Gasteiger partial charge on any atom is 0.338 e. The van der Waals surface area contributed by atoms with E-state index in [-0.39, 0.29) is 6.42 Å². The maximum atomic E-state index is 12.5. The number of thiophene rings is 1. The molecule has 1 rings (SSSR count). The molecule has 0 saturated heterocycles. The van der Waals surface area contributed by atoms with Crippen molar-refractivity contribution in [2.75, 3.05) is 0 Å². The van der Waals surface area contributed by atoms with Crippen LogP contribution in [0.1, 0.15) is 5.56 Å². The number of carboxylic acid groups (broad SMARTS) is 1. The number of rotatable bonds is 3. The van der Waals surface area contributed by atoms with E-state index < -0.39 is 12.1 Å². The van der Waals surface area contributed by atoms with E-state index in [2.05, 4.69) is 0 Å². The van der Waals surface area contributed by atoms with Crippen molar-refractivity contribution in [1.29, 1.82) is 0 Å². The molecule has 1 heterocycles. The lowest BCUT2D eigenvalue weighted by Gasteiger charge is -1.98. The highest BCUT2D eigenvalue weighted by Crippen LogP contribution is 2.10. The van der Waals surface area contributed by atoms with Crippen molar-refractivity contribution in [2.45, 2.75) is 12.6 Å². The fourth-order valence-corrected chi connectivity index (χ4v) is 1.38. The summed E-state index contributed by atoms with van der Waals surface area (Å²) in [5.41, 5.74) is 0.741. The first-order valence-corrected chi connectivity index (χ1v) is 4.02. The SMILES string of the molecule is O=C(O)[C@H](F)Cc1ccsc1. The number of halogens is 1. The maximum absolute atomic E-state index is 12.5. The van der Waals surface area contributed by atoms with Gasteiger partial charge in [-0.15, -0.1) is 0 Å². The van der Waals surface area contributed by atoms with Gasteiger partial charge in [-0.2, -0.15) is 11.3 Å². The van der Waals surface area contributed by atoms with Gasteiger partial charge in [-0.3, -0.25) is 0 Å². The third-order valence-corrected chi connectivity index (χ3v) is 2.00. The van der Waals surface area contributed by atoms with Gasteiger partial charge in [0, 0.05) is 6.42 Å². The summed E-state index contributed by atoms with van der Waals surface area (Å²) in [7, 11) is 0. The molecule has 0 radical (unpaired) electrons. The quantitative estimate of drug-likeness (QED) is 0.757. The Labute approximate surface area is 67.3 Å². The lowest BCUT2D eigenvalue weighted by atomic mass is 10.2. The van der Waals surface area contributed by atoms with Crippen LogP contribution in [-0.2, 0) is 11.2 Å². The van der Waals surface area contributed by atoms with Crippen molar-refractivity contribution in [2.24, 2.45) is 0 Å². The second kappa shape index (κ2) is 3.48. The molecular weight excluding hydrogens is 167 g/mol. The summed E-state index contributed by atoms with van der Waals surface area (Å²) in [6.45, 7) is 0. The predicted molar refractivity (Wildman–Crippen MR) is 40.6 cm³/mol. The Morgan fingerprint density at radius 3 is 3.00 bits per heavy atom. The highest BCUT2D eigenvalue weighted by atomic mass is 32.1. The average molecular weight is 174 g/mol. The van der Waals surface area contributed by atoms with Crippen LogP contribution in [0.25, 0.3) is 0 Å². The fourth-order valence-electron chi connectivity index (χ4n) is 0.703. The van der Waals surface area contributed by atoms with Crippen LogP contribution in [0.5, 0.6) is 0 Å². The van der Waals surface area contributed by atoms with Crippen LogP contribution in [0.4, 0.5) is 4.39 Å². The first kappa shape index (κ1) is 8.20. The molecular formula is C7H7FO2S. The Kier molecular flexibility index (Phi) is 2.59. The summed E-state index contributed by atoms with van der Waals surface area (Å²) in [5, 5.41) is 11.8. The third-order valence-electron chi connectivity index (χ3n) is 1.26. The van der Waals surface area contributed by atoms with E-state index in [1.54, 1.807) is 16.8 Å². The summed E-state index contributed by atoms with van der Waals surface area (Å²) in [6.07, 6.45) is -1.80. The van der Waals surface area contributed by atoms with Crippen LogP contribution in [-0.4, -0.2) is 17.2 Å². The van der Waals surface area contributed by atoms with Crippen LogP contribution < -0.4 is 0 Å². The molecule has 60 valence electrons. The van der Waals surface area contributed by atoms with Gasteiger partial charge in [0.25, 0.3) is 0 Å². The average Bonchev–Trinajstić information content (AvgIpc) is 2.39. The Morgan fingerprint density at radius 2 is 2.55 bits per heavy atom. The monoisotopic (exact) mass is 174 g/mol. The van der Waals surface area contributed by atoms with Gasteiger partial charge >= 0.3 is 5.97 Å². The van der Waals surface area contributed by atoms with E-state index >= 15 is 0 Å². The first-order chi connectivity index (χ1) is 5.20. The Morgan fingerprint density at radius 1 is 1.82 bits per heavy atom. The fraction of sp³-hybridized carbons (Fsp3) is 0.286. The molecule has 1 atom stereocenters. The van der Waals surface area contributed by atoms with E-state index in [0.29, 0.717) is 0 Å². The number of hydrogen-bond donors (Lipinski definition) is 1. The molecule has 0 spiro atoms. The Bertz CT molecular complexity index is 233. The number of alkyl halides is 1. The van der Waals surface area contributed by atoms with Crippen LogP contribution >= 0.6 is 11.3 Å². The normalized spacial score (nSPS) is 12.8. The molecule has 0 fully saturated rings. The second-order valence-corrected chi connectivity index (χ2v) is 2.92. The minimum absolute atomic E-state index is 0.0289. The lowest BCUT2D eigenvalue weighted by Crippen LogP contribution is -2.16. The summed E-state index contributed by atoms with van der Waals surface area (Å²) < 4.78 is 12.5. The van der Waals surface area contributed by atoms with Crippen molar-refractivity contribution in [3.63, 3.8) is 0 Å². The molecule has 1 aromatic heterocycles. The zero-order chi connectivity index (χ0) is 8.27. The van der Waals surface area contributed by atoms with E-state index in [9.17, 15) is 9.18 Å². The molecule has 1 N–H and O–H groups in total. The molecule has 0 aromatic carbocycles. The molecule has 0 bridgehead atoms. The van der Waals surface area contributed by atoms with Crippen LogP contribution in [0.15, 0.2) is 16.8 Å².